The zero-order valence-electron chi connectivity index (χ0n) is 17.4. The molecule has 0 saturated carbocycles. The normalized spacial score (nSPS) is 10.9. The number of thiophene rings is 1. The number of carbonyl (C=O) groups excluding carboxylic acids is 1. The summed E-state index contributed by atoms with van der Waals surface area (Å²) < 4.78 is 7.22. The van der Waals surface area contributed by atoms with Crippen LogP contribution in [0.5, 0.6) is 5.75 Å². The Bertz CT molecular complexity index is 1130. The molecule has 2 aromatic heterocycles. The van der Waals surface area contributed by atoms with Crippen LogP contribution in [-0.2, 0) is 11.3 Å². The summed E-state index contributed by atoms with van der Waals surface area (Å²) in [6, 6.07) is 7.77. The molecule has 0 radical (unpaired) electrons. The predicted molar refractivity (Wildman–Crippen MR) is 124 cm³/mol. The number of benzene rings is 1. The van der Waals surface area contributed by atoms with E-state index in [0.29, 0.717) is 35.1 Å². The molecule has 6 nitrogen and oxygen atoms in total. The fraction of sp³-hybridized carbons (Fsp3) is 0.318. The van der Waals surface area contributed by atoms with Gasteiger partial charge in [-0.2, -0.15) is 0 Å². The molecule has 3 aromatic rings. The summed E-state index contributed by atoms with van der Waals surface area (Å²) in [5, 5.41) is 4.02. The van der Waals surface area contributed by atoms with E-state index in [9.17, 15) is 9.59 Å². The lowest BCUT2D eigenvalue weighted by Gasteiger charge is -2.11. The van der Waals surface area contributed by atoms with Gasteiger partial charge < -0.3 is 10.1 Å². The van der Waals surface area contributed by atoms with Gasteiger partial charge in [0.1, 0.15) is 17.2 Å². The van der Waals surface area contributed by atoms with Gasteiger partial charge in [0, 0.05) is 11.4 Å². The van der Waals surface area contributed by atoms with Gasteiger partial charge in [-0.25, -0.2) is 4.98 Å². The number of amides is 1. The summed E-state index contributed by atoms with van der Waals surface area (Å²) in [7, 11) is 0. The minimum absolute atomic E-state index is 0.0868. The number of aromatic nitrogens is 2. The molecule has 1 N–H and O–H groups in total. The number of ether oxygens (including phenoxy) is 1. The van der Waals surface area contributed by atoms with E-state index in [1.807, 2.05) is 45.0 Å². The predicted octanol–water partition coefficient (Wildman–Crippen LogP) is 3.86. The third-order valence-corrected chi connectivity index (χ3v) is 6.66. The van der Waals surface area contributed by atoms with E-state index in [4.69, 9.17) is 4.74 Å². The Balaban J connectivity index is 1.60. The first-order valence-corrected chi connectivity index (χ1v) is 11.4. The molecule has 8 heteroatoms. The fourth-order valence-electron chi connectivity index (χ4n) is 2.95. The largest absolute Gasteiger partial charge is 0.492 e. The van der Waals surface area contributed by atoms with Crippen LogP contribution >= 0.6 is 23.1 Å². The Morgan fingerprint density at radius 2 is 2.17 bits per heavy atom. The van der Waals surface area contributed by atoms with E-state index in [1.54, 1.807) is 10.6 Å². The molecule has 3 rings (SSSR count). The van der Waals surface area contributed by atoms with Crippen molar-refractivity contribution in [3.05, 3.63) is 63.3 Å². The van der Waals surface area contributed by atoms with Crippen molar-refractivity contribution in [3.8, 4) is 5.75 Å². The van der Waals surface area contributed by atoms with Crippen LogP contribution in [0.3, 0.4) is 0 Å². The molecule has 2 heterocycles. The third kappa shape index (κ3) is 5.12. The van der Waals surface area contributed by atoms with Crippen LogP contribution < -0.4 is 15.6 Å². The molecule has 0 atom stereocenters. The molecule has 0 spiro atoms. The Morgan fingerprint density at radius 1 is 1.37 bits per heavy atom. The molecule has 1 amide bonds. The maximum Gasteiger partial charge on any atom is 0.263 e. The zero-order valence-corrected chi connectivity index (χ0v) is 19.0. The second-order valence-electron chi connectivity index (χ2n) is 6.87. The van der Waals surface area contributed by atoms with E-state index in [1.165, 1.54) is 23.1 Å². The summed E-state index contributed by atoms with van der Waals surface area (Å²) >= 11 is 2.76. The maximum atomic E-state index is 12.9. The van der Waals surface area contributed by atoms with Crippen molar-refractivity contribution in [3.63, 3.8) is 0 Å². The van der Waals surface area contributed by atoms with E-state index < -0.39 is 0 Å². The molecule has 1 aromatic carbocycles. The highest BCUT2D eigenvalue weighted by atomic mass is 32.2. The van der Waals surface area contributed by atoms with Crippen LogP contribution in [0.25, 0.3) is 10.2 Å². The number of aryl methyl sites for hydroxylation is 3. The second kappa shape index (κ2) is 9.95. The number of fused-ring (bicyclic) bond motifs is 1. The Kier molecular flexibility index (Phi) is 7.33. The van der Waals surface area contributed by atoms with Crippen molar-refractivity contribution in [2.24, 2.45) is 0 Å². The van der Waals surface area contributed by atoms with Crippen molar-refractivity contribution in [1.29, 1.82) is 0 Å². The average Bonchev–Trinajstić information content (AvgIpc) is 3.00. The number of hydrogen-bond acceptors (Lipinski definition) is 6. The van der Waals surface area contributed by atoms with Crippen molar-refractivity contribution < 1.29 is 9.53 Å². The van der Waals surface area contributed by atoms with Gasteiger partial charge in [-0.1, -0.05) is 30.0 Å². The Morgan fingerprint density at radius 3 is 2.90 bits per heavy atom. The molecule has 0 saturated heterocycles. The van der Waals surface area contributed by atoms with Gasteiger partial charge in [0.2, 0.25) is 5.91 Å². The van der Waals surface area contributed by atoms with E-state index in [-0.39, 0.29) is 17.2 Å². The highest BCUT2D eigenvalue weighted by Gasteiger charge is 2.17. The average molecular weight is 444 g/mol. The number of rotatable bonds is 9. The van der Waals surface area contributed by atoms with Crippen LogP contribution in [0.2, 0.25) is 0 Å². The monoisotopic (exact) mass is 443 g/mol. The van der Waals surface area contributed by atoms with Crippen molar-refractivity contribution in [1.82, 2.24) is 14.9 Å². The number of carbonyl (C=O) groups is 1. The van der Waals surface area contributed by atoms with Gasteiger partial charge in [-0.05, 0) is 44.0 Å². The molecule has 158 valence electrons. The zero-order chi connectivity index (χ0) is 21.7. The molecule has 0 fully saturated rings. The molecule has 0 aliphatic rings. The minimum atomic E-state index is -0.133. The standard InChI is InChI=1S/C22H25N3O3S2/c1-5-10-25-21(27)19-15(3)16(4)30-20(19)24-22(25)29-13-18(26)23-9-11-28-17-8-6-7-14(2)12-17/h5-8,12H,1,9-11,13H2,2-4H3,(H,23,26). The number of nitrogens with zero attached hydrogens (tertiary/aromatic N) is 2. The molecule has 0 aliphatic heterocycles. The molecule has 0 bridgehead atoms. The fourth-order valence-corrected chi connectivity index (χ4v) is 4.86. The topological polar surface area (TPSA) is 73.2 Å². The number of thioether (sulfide) groups is 1. The third-order valence-electron chi connectivity index (χ3n) is 4.58. The summed E-state index contributed by atoms with van der Waals surface area (Å²) in [6.07, 6.45) is 1.66. The molecule has 0 aliphatic carbocycles. The van der Waals surface area contributed by atoms with Gasteiger partial charge in [-0.3, -0.25) is 14.2 Å². The van der Waals surface area contributed by atoms with Gasteiger partial charge >= 0.3 is 0 Å². The first-order valence-electron chi connectivity index (χ1n) is 9.61. The van der Waals surface area contributed by atoms with E-state index >= 15 is 0 Å². The lowest BCUT2D eigenvalue weighted by atomic mass is 10.2. The lowest BCUT2D eigenvalue weighted by Crippen LogP contribution is -2.30. The van der Waals surface area contributed by atoms with Gasteiger partial charge in [0.15, 0.2) is 5.16 Å². The number of nitrogens with one attached hydrogen (secondary N) is 1. The summed E-state index contributed by atoms with van der Waals surface area (Å²) in [5.74, 6) is 0.820. The van der Waals surface area contributed by atoms with Crippen LogP contribution in [0, 0.1) is 20.8 Å². The van der Waals surface area contributed by atoms with Crippen LogP contribution in [0.1, 0.15) is 16.0 Å². The van der Waals surface area contributed by atoms with E-state index in [0.717, 1.165) is 21.8 Å². The number of hydrogen-bond donors (Lipinski definition) is 1. The summed E-state index contributed by atoms with van der Waals surface area (Å²) in [6.45, 7) is 10.8. The summed E-state index contributed by atoms with van der Waals surface area (Å²) in [5.41, 5.74) is 2.00. The highest BCUT2D eigenvalue weighted by Crippen LogP contribution is 2.28. The quantitative estimate of drug-likeness (QED) is 0.235. The SMILES string of the molecule is C=CCn1c(SCC(=O)NCCOc2cccc(C)c2)nc2sc(C)c(C)c2c1=O. The maximum absolute atomic E-state index is 12.9. The minimum Gasteiger partial charge on any atom is -0.492 e. The van der Waals surface area contributed by atoms with Crippen LogP contribution in [-0.4, -0.2) is 34.4 Å². The van der Waals surface area contributed by atoms with Gasteiger partial charge in [0.05, 0.1) is 17.7 Å². The van der Waals surface area contributed by atoms with E-state index in [2.05, 4.69) is 16.9 Å². The molecule has 30 heavy (non-hydrogen) atoms. The molecule has 0 unspecified atom stereocenters. The van der Waals surface area contributed by atoms with Crippen molar-refractivity contribution in [2.75, 3.05) is 18.9 Å². The molecular formula is C22H25N3O3S2. The van der Waals surface area contributed by atoms with Gasteiger partial charge in [-0.15, -0.1) is 17.9 Å². The summed E-state index contributed by atoms with van der Waals surface area (Å²) in [4.78, 5) is 31.6. The first kappa shape index (κ1) is 22.1. The van der Waals surface area contributed by atoms with Crippen LogP contribution in [0.15, 0.2) is 46.9 Å². The lowest BCUT2D eigenvalue weighted by molar-refractivity contribution is -0.118. The highest BCUT2D eigenvalue weighted by molar-refractivity contribution is 7.99. The Hall–Kier alpha value is -2.58. The smallest absolute Gasteiger partial charge is 0.263 e. The van der Waals surface area contributed by atoms with Gasteiger partial charge in [0.25, 0.3) is 5.56 Å². The second-order valence-corrected chi connectivity index (χ2v) is 9.01. The Labute approximate surface area is 184 Å². The molecular weight excluding hydrogens is 418 g/mol. The number of allylic oxidation sites excluding steroid dienone is 1. The first-order chi connectivity index (χ1) is 14.4. The van der Waals surface area contributed by atoms with Crippen molar-refractivity contribution in [2.45, 2.75) is 32.5 Å². The van der Waals surface area contributed by atoms with Crippen molar-refractivity contribution >= 4 is 39.2 Å². The van der Waals surface area contributed by atoms with Crippen LogP contribution in [0.4, 0.5) is 0 Å².